The molecule has 2 aromatic carbocycles. The number of rotatable bonds is 7. The second-order valence-corrected chi connectivity index (χ2v) is 6.46. The van der Waals surface area contributed by atoms with E-state index in [1.807, 2.05) is 74.0 Å². The van der Waals surface area contributed by atoms with Crippen LogP contribution >= 0.6 is 0 Å². The Balaban J connectivity index is 1.76. The molecule has 1 heterocycles. The minimum atomic E-state index is -0.224. The lowest BCUT2D eigenvalue weighted by Gasteiger charge is -2.09. The topological polar surface area (TPSA) is 65.4 Å². The Labute approximate surface area is 170 Å². The molecule has 0 spiro atoms. The second kappa shape index (κ2) is 9.10. The maximum Gasteiger partial charge on any atom is 0.248 e. The quantitative estimate of drug-likeness (QED) is 0.600. The standard InChI is InChI=1S/C23H25N3O3/c1-5-29-21-15-18(11-13-20(21)28-4)12-14-22(27)24-23-16(2)25-26(17(23)3)19-9-7-6-8-10-19/h6-15H,5H2,1-4H3,(H,24,27)/b14-12+. The number of benzene rings is 2. The van der Waals surface area contributed by atoms with Crippen LogP contribution in [0.25, 0.3) is 11.8 Å². The Morgan fingerprint density at radius 2 is 1.90 bits per heavy atom. The lowest BCUT2D eigenvalue weighted by atomic mass is 10.2. The number of para-hydroxylation sites is 1. The van der Waals surface area contributed by atoms with E-state index in [1.54, 1.807) is 13.2 Å². The van der Waals surface area contributed by atoms with Crippen molar-refractivity contribution in [2.45, 2.75) is 20.8 Å². The minimum absolute atomic E-state index is 0.224. The van der Waals surface area contributed by atoms with Crippen LogP contribution in [-0.4, -0.2) is 29.4 Å². The van der Waals surface area contributed by atoms with Crippen molar-refractivity contribution in [3.63, 3.8) is 0 Å². The second-order valence-electron chi connectivity index (χ2n) is 6.46. The molecule has 0 radical (unpaired) electrons. The molecule has 1 N–H and O–H groups in total. The molecule has 6 nitrogen and oxygen atoms in total. The number of aryl methyl sites for hydroxylation is 1. The average molecular weight is 391 g/mol. The van der Waals surface area contributed by atoms with E-state index in [-0.39, 0.29) is 5.91 Å². The number of nitrogens with one attached hydrogen (secondary N) is 1. The molecule has 0 unspecified atom stereocenters. The number of aromatic nitrogens is 2. The third kappa shape index (κ3) is 4.66. The van der Waals surface area contributed by atoms with Crippen molar-refractivity contribution < 1.29 is 14.3 Å². The van der Waals surface area contributed by atoms with Gasteiger partial charge in [-0.3, -0.25) is 4.79 Å². The van der Waals surface area contributed by atoms with Crippen LogP contribution in [0, 0.1) is 13.8 Å². The van der Waals surface area contributed by atoms with E-state index in [9.17, 15) is 4.79 Å². The monoisotopic (exact) mass is 391 g/mol. The fourth-order valence-electron chi connectivity index (χ4n) is 3.05. The van der Waals surface area contributed by atoms with Crippen LogP contribution in [0.1, 0.15) is 23.9 Å². The van der Waals surface area contributed by atoms with Crippen LogP contribution in [0.5, 0.6) is 11.5 Å². The van der Waals surface area contributed by atoms with Crippen molar-refractivity contribution in [1.29, 1.82) is 0 Å². The van der Waals surface area contributed by atoms with E-state index in [2.05, 4.69) is 10.4 Å². The predicted molar refractivity (Wildman–Crippen MR) is 115 cm³/mol. The molecule has 0 fully saturated rings. The molecule has 0 bridgehead atoms. The van der Waals surface area contributed by atoms with Crippen LogP contribution in [0.4, 0.5) is 5.69 Å². The van der Waals surface area contributed by atoms with Crippen LogP contribution in [-0.2, 0) is 4.79 Å². The molecule has 29 heavy (non-hydrogen) atoms. The van der Waals surface area contributed by atoms with Gasteiger partial charge in [-0.15, -0.1) is 0 Å². The molecular weight excluding hydrogens is 366 g/mol. The van der Waals surface area contributed by atoms with Crippen molar-refractivity contribution in [1.82, 2.24) is 9.78 Å². The molecular formula is C23H25N3O3. The first kappa shape index (κ1) is 20.2. The zero-order valence-corrected chi connectivity index (χ0v) is 17.1. The Bertz CT molecular complexity index is 1020. The molecule has 150 valence electrons. The van der Waals surface area contributed by atoms with Crippen LogP contribution < -0.4 is 14.8 Å². The van der Waals surface area contributed by atoms with Crippen molar-refractivity contribution in [3.05, 3.63) is 71.6 Å². The van der Waals surface area contributed by atoms with Gasteiger partial charge in [0.25, 0.3) is 0 Å². The average Bonchev–Trinajstić information content (AvgIpc) is 3.01. The lowest BCUT2D eigenvalue weighted by molar-refractivity contribution is -0.111. The first-order valence-corrected chi connectivity index (χ1v) is 9.45. The van der Waals surface area contributed by atoms with Crippen LogP contribution in [0.15, 0.2) is 54.6 Å². The number of hydrogen-bond donors (Lipinski definition) is 1. The number of anilines is 1. The van der Waals surface area contributed by atoms with E-state index >= 15 is 0 Å². The van der Waals surface area contributed by atoms with Gasteiger partial charge in [-0.2, -0.15) is 5.10 Å². The highest BCUT2D eigenvalue weighted by molar-refractivity contribution is 6.02. The third-order valence-electron chi connectivity index (χ3n) is 4.45. The van der Waals surface area contributed by atoms with E-state index in [4.69, 9.17) is 9.47 Å². The van der Waals surface area contributed by atoms with Gasteiger partial charge in [0.1, 0.15) is 0 Å². The molecule has 3 aromatic rings. The summed E-state index contributed by atoms with van der Waals surface area (Å²) in [6, 6.07) is 15.4. The summed E-state index contributed by atoms with van der Waals surface area (Å²) in [5.41, 5.74) is 4.15. The van der Waals surface area contributed by atoms with Gasteiger partial charge in [0, 0.05) is 6.08 Å². The summed E-state index contributed by atoms with van der Waals surface area (Å²) in [6.45, 7) is 6.26. The van der Waals surface area contributed by atoms with Gasteiger partial charge in [-0.05, 0) is 56.7 Å². The summed E-state index contributed by atoms with van der Waals surface area (Å²) in [6.07, 6.45) is 3.24. The van der Waals surface area contributed by atoms with Crippen molar-refractivity contribution in [3.8, 4) is 17.2 Å². The van der Waals surface area contributed by atoms with Gasteiger partial charge in [0.2, 0.25) is 5.91 Å². The number of methoxy groups -OCH3 is 1. The Morgan fingerprint density at radius 3 is 2.59 bits per heavy atom. The summed E-state index contributed by atoms with van der Waals surface area (Å²) in [7, 11) is 1.60. The predicted octanol–water partition coefficient (Wildman–Crippen LogP) is 4.55. The van der Waals surface area contributed by atoms with E-state index in [0.717, 1.165) is 22.6 Å². The third-order valence-corrected chi connectivity index (χ3v) is 4.45. The highest BCUT2D eigenvalue weighted by Gasteiger charge is 2.14. The van der Waals surface area contributed by atoms with E-state index < -0.39 is 0 Å². The van der Waals surface area contributed by atoms with Crippen molar-refractivity contribution >= 4 is 17.7 Å². The first-order valence-electron chi connectivity index (χ1n) is 9.45. The first-order chi connectivity index (χ1) is 14.0. The zero-order chi connectivity index (χ0) is 20.8. The van der Waals surface area contributed by atoms with Crippen LogP contribution in [0.3, 0.4) is 0 Å². The molecule has 1 amide bonds. The highest BCUT2D eigenvalue weighted by Crippen LogP contribution is 2.28. The van der Waals surface area contributed by atoms with Gasteiger partial charge in [0.05, 0.1) is 36.5 Å². The molecule has 0 aliphatic heterocycles. The summed E-state index contributed by atoms with van der Waals surface area (Å²) in [5.74, 6) is 1.08. The zero-order valence-electron chi connectivity index (χ0n) is 17.1. The Hall–Kier alpha value is -3.54. The fourth-order valence-corrected chi connectivity index (χ4v) is 3.05. The summed E-state index contributed by atoms with van der Waals surface area (Å²) < 4.78 is 12.7. The molecule has 3 rings (SSSR count). The molecule has 0 aliphatic carbocycles. The summed E-state index contributed by atoms with van der Waals surface area (Å²) in [4.78, 5) is 12.5. The molecule has 0 atom stereocenters. The largest absolute Gasteiger partial charge is 0.493 e. The van der Waals surface area contributed by atoms with Gasteiger partial charge in [-0.25, -0.2) is 4.68 Å². The molecule has 0 aliphatic rings. The van der Waals surface area contributed by atoms with Gasteiger partial charge >= 0.3 is 0 Å². The minimum Gasteiger partial charge on any atom is -0.493 e. The number of carbonyl (C=O) groups is 1. The normalized spacial score (nSPS) is 10.9. The van der Waals surface area contributed by atoms with Gasteiger partial charge < -0.3 is 14.8 Å². The SMILES string of the molecule is CCOc1cc(/C=C/C(=O)Nc2c(C)nn(-c3ccccc3)c2C)ccc1OC. The Morgan fingerprint density at radius 1 is 1.14 bits per heavy atom. The molecule has 0 saturated heterocycles. The maximum atomic E-state index is 12.5. The smallest absolute Gasteiger partial charge is 0.248 e. The number of hydrogen-bond acceptors (Lipinski definition) is 4. The van der Waals surface area contributed by atoms with Gasteiger partial charge in [-0.1, -0.05) is 24.3 Å². The van der Waals surface area contributed by atoms with E-state index in [0.29, 0.717) is 23.8 Å². The van der Waals surface area contributed by atoms with E-state index in [1.165, 1.54) is 6.08 Å². The molecule has 6 heteroatoms. The van der Waals surface area contributed by atoms with Crippen molar-refractivity contribution in [2.75, 3.05) is 19.0 Å². The molecule has 0 saturated carbocycles. The number of amides is 1. The number of ether oxygens (including phenoxy) is 2. The van der Waals surface area contributed by atoms with Gasteiger partial charge in [0.15, 0.2) is 11.5 Å². The summed E-state index contributed by atoms with van der Waals surface area (Å²) >= 11 is 0. The number of carbonyl (C=O) groups excluding carboxylic acids is 1. The lowest BCUT2D eigenvalue weighted by Crippen LogP contribution is -2.09. The molecule has 1 aromatic heterocycles. The Kier molecular flexibility index (Phi) is 6.34. The number of nitrogens with zero attached hydrogens (tertiary/aromatic N) is 2. The van der Waals surface area contributed by atoms with Crippen LogP contribution in [0.2, 0.25) is 0 Å². The summed E-state index contributed by atoms with van der Waals surface area (Å²) in [5, 5.41) is 7.49. The maximum absolute atomic E-state index is 12.5. The highest BCUT2D eigenvalue weighted by atomic mass is 16.5. The fraction of sp³-hybridized carbons (Fsp3) is 0.217. The van der Waals surface area contributed by atoms with Crippen molar-refractivity contribution in [2.24, 2.45) is 0 Å².